The molecule has 0 bridgehead atoms. The van der Waals surface area contributed by atoms with Crippen LogP contribution in [0.4, 0.5) is 0 Å². The molecule has 0 aromatic carbocycles. The number of piperidine rings is 1. The SMILES string of the molecule is CCOC1CC(NC(=NC)NC2CCN(C(=O)C(C)C)CC2)C12CCC2.I. The summed E-state index contributed by atoms with van der Waals surface area (Å²) < 4.78 is 5.95. The molecule has 1 spiro atoms. The Balaban J connectivity index is 0.00000261. The number of hydrogen-bond donors (Lipinski definition) is 2. The molecule has 0 aromatic rings. The maximum Gasteiger partial charge on any atom is 0.225 e. The highest BCUT2D eigenvalue weighted by atomic mass is 127. The van der Waals surface area contributed by atoms with E-state index in [1.54, 1.807) is 0 Å². The molecule has 2 N–H and O–H groups in total. The number of ether oxygens (including phenoxy) is 1. The lowest BCUT2D eigenvalue weighted by Gasteiger charge is -2.61. The largest absolute Gasteiger partial charge is 0.378 e. The van der Waals surface area contributed by atoms with Crippen LogP contribution >= 0.6 is 24.0 Å². The van der Waals surface area contributed by atoms with Crippen LogP contribution in [0.2, 0.25) is 0 Å². The molecule has 2 unspecified atom stereocenters. The quantitative estimate of drug-likeness (QED) is 0.352. The molecule has 2 atom stereocenters. The summed E-state index contributed by atoms with van der Waals surface area (Å²) in [5.41, 5.74) is 0.334. The zero-order chi connectivity index (χ0) is 18.7. The second kappa shape index (κ2) is 9.76. The summed E-state index contributed by atoms with van der Waals surface area (Å²) in [4.78, 5) is 18.6. The monoisotopic (exact) mass is 492 g/mol. The van der Waals surface area contributed by atoms with Crippen molar-refractivity contribution >= 4 is 35.8 Å². The molecular weight excluding hydrogens is 455 g/mol. The zero-order valence-corrected chi connectivity index (χ0v) is 19.6. The van der Waals surface area contributed by atoms with Crippen LogP contribution in [0.25, 0.3) is 0 Å². The van der Waals surface area contributed by atoms with Crippen LogP contribution in [0, 0.1) is 11.3 Å². The van der Waals surface area contributed by atoms with E-state index >= 15 is 0 Å². The third-order valence-corrected chi connectivity index (χ3v) is 6.61. The van der Waals surface area contributed by atoms with E-state index in [0.29, 0.717) is 23.6 Å². The zero-order valence-electron chi connectivity index (χ0n) is 17.3. The number of rotatable bonds is 5. The van der Waals surface area contributed by atoms with Gasteiger partial charge in [0.25, 0.3) is 0 Å². The average Bonchev–Trinajstić information content (AvgIpc) is 2.58. The molecule has 0 radical (unpaired) electrons. The molecule has 1 heterocycles. The predicted molar refractivity (Wildman–Crippen MR) is 120 cm³/mol. The lowest BCUT2D eigenvalue weighted by Crippen LogP contribution is -2.69. The molecule has 7 heteroatoms. The lowest BCUT2D eigenvalue weighted by molar-refractivity contribution is -0.168. The molecule has 1 saturated heterocycles. The van der Waals surface area contributed by atoms with Crippen molar-refractivity contribution < 1.29 is 9.53 Å². The maximum atomic E-state index is 12.1. The smallest absolute Gasteiger partial charge is 0.225 e. The minimum Gasteiger partial charge on any atom is -0.378 e. The fourth-order valence-corrected chi connectivity index (χ4v) is 4.78. The van der Waals surface area contributed by atoms with Gasteiger partial charge in [0.2, 0.25) is 5.91 Å². The van der Waals surface area contributed by atoms with Gasteiger partial charge in [0.05, 0.1) is 6.10 Å². The number of nitrogens with one attached hydrogen (secondary N) is 2. The minimum absolute atomic E-state index is 0. The van der Waals surface area contributed by atoms with Crippen molar-refractivity contribution in [2.24, 2.45) is 16.3 Å². The van der Waals surface area contributed by atoms with Crippen molar-refractivity contribution in [1.82, 2.24) is 15.5 Å². The molecule has 2 aliphatic carbocycles. The fourth-order valence-electron chi connectivity index (χ4n) is 4.78. The summed E-state index contributed by atoms with van der Waals surface area (Å²) in [6.45, 7) is 8.52. The van der Waals surface area contributed by atoms with Gasteiger partial charge < -0.3 is 20.3 Å². The van der Waals surface area contributed by atoms with Crippen LogP contribution in [0.1, 0.15) is 59.3 Å². The van der Waals surface area contributed by atoms with Crippen LogP contribution < -0.4 is 10.6 Å². The summed E-state index contributed by atoms with van der Waals surface area (Å²) in [6, 6.07) is 0.860. The van der Waals surface area contributed by atoms with E-state index in [4.69, 9.17) is 4.74 Å². The normalized spacial score (nSPS) is 27.6. The van der Waals surface area contributed by atoms with Gasteiger partial charge in [-0.1, -0.05) is 20.3 Å². The van der Waals surface area contributed by atoms with Crippen LogP contribution in [0.5, 0.6) is 0 Å². The van der Waals surface area contributed by atoms with Crippen molar-refractivity contribution in [1.29, 1.82) is 0 Å². The molecule has 6 nitrogen and oxygen atoms in total. The highest BCUT2D eigenvalue weighted by Gasteiger charge is 2.59. The van der Waals surface area contributed by atoms with Crippen LogP contribution in [-0.2, 0) is 9.53 Å². The summed E-state index contributed by atoms with van der Waals surface area (Å²) >= 11 is 0. The molecule has 3 fully saturated rings. The Morgan fingerprint density at radius 3 is 2.41 bits per heavy atom. The number of likely N-dealkylation sites (tertiary alicyclic amines) is 1. The van der Waals surface area contributed by atoms with Gasteiger partial charge in [0, 0.05) is 50.2 Å². The lowest BCUT2D eigenvalue weighted by atomic mass is 9.51. The Hall–Kier alpha value is -0.570. The Morgan fingerprint density at radius 1 is 1.26 bits per heavy atom. The Labute approximate surface area is 181 Å². The van der Waals surface area contributed by atoms with E-state index < -0.39 is 0 Å². The van der Waals surface area contributed by atoms with Crippen LogP contribution in [-0.4, -0.2) is 61.7 Å². The van der Waals surface area contributed by atoms with E-state index in [1.165, 1.54) is 19.3 Å². The van der Waals surface area contributed by atoms with Gasteiger partial charge >= 0.3 is 0 Å². The van der Waals surface area contributed by atoms with Gasteiger partial charge in [-0.3, -0.25) is 9.79 Å². The summed E-state index contributed by atoms with van der Waals surface area (Å²) in [5, 5.41) is 7.25. The second-order valence-corrected chi connectivity index (χ2v) is 8.43. The number of guanidine groups is 1. The number of hydrogen-bond acceptors (Lipinski definition) is 3. The average molecular weight is 492 g/mol. The first-order valence-electron chi connectivity index (χ1n) is 10.4. The maximum absolute atomic E-state index is 12.1. The molecule has 3 aliphatic rings. The number of carbonyl (C=O) groups is 1. The number of carbonyl (C=O) groups excluding carboxylic acids is 1. The van der Waals surface area contributed by atoms with Gasteiger partial charge in [-0.15, -0.1) is 24.0 Å². The van der Waals surface area contributed by atoms with E-state index in [2.05, 4.69) is 22.5 Å². The van der Waals surface area contributed by atoms with E-state index in [0.717, 1.165) is 44.9 Å². The third-order valence-electron chi connectivity index (χ3n) is 6.61. The third kappa shape index (κ3) is 4.71. The molecule has 1 amide bonds. The van der Waals surface area contributed by atoms with Crippen molar-refractivity contribution in [2.45, 2.75) is 77.5 Å². The first-order valence-corrected chi connectivity index (χ1v) is 10.4. The van der Waals surface area contributed by atoms with Crippen LogP contribution in [0.15, 0.2) is 4.99 Å². The first kappa shape index (κ1) is 22.7. The number of halogens is 1. The summed E-state index contributed by atoms with van der Waals surface area (Å²) in [6.07, 6.45) is 7.31. The van der Waals surface area contributed by atoms with Gasteiger partial charge in [0.1, 0.15) is 0 Å². The van der Waals surface area contributed by atoms with Crippen molar-refractivity contribution in [3.63, 3.8) is 0 Å². The standard InChI is InChI=1S/C20H36N4O2.HI/c1-5-26-17-13-16(20(17)9-6-10-20)23-19(21-4)22-15-7-11-24(12-8-15)18(25)14(2)3;/h14-17H,5-13H2,1-4H3,(H2,21,22,23);1H. The fraction of sp³-hybridized carbons (Fsp3) is 0.900. The van der Waals surface area contributed by atoms with E-state index in [9.17, 15) is 4.79 Å². The van der Waals surface area contributed by atoms with Crippen molar-refractivity contribution in [3.05, 3.63) is 0 Å². The van der Waals surface area contributed by atoms with E-state index in [1.807, 2.05) is 25.8 Å². The van der Waals surface area contributed by atoms with Crippen molar-refractivity contribution in [3.8, 4) is 0 Å². The Kier molecular flexibility index (Phi) is 8.21. The first-order chi connectivity index (χ1) is 12.5. The number of nitrogens with zero attached hydrogens (tertiary/aromatic N) is 2. The van der Waals surface area contributed by atoms with Gasteiger partial charge in [-0.25, -0.2) is 0 Å². The molecule has 0 aromatic heterocycles. The predicted octanol–water partition coefficient (Wildman–Crippen LogP) is 2.76. The van der Waals surface area contributed by atoms with Crippen LogP contribution in [0.3, 0.4) is 0 Å². The molecule has 156 valence electrons. The summed E-state index contributed by atoms with van der Waals surface area (Å²) in [7, 11) is 1.85. The van der Waals surface area contributed by atoms with E-state index in [-0.39, 0.29) is 35.8 Å². The molecule has 3 rings (SSSR count). The topological polar surface area (TPSA) is 66.0 Å². The van der Waals surface area contributed by atoms with Gasteiger partial charge in [0.15, 0.2) is 5.96 Å². The number of amides is 1. The molecular formula is C20H37IN4O2. The molecule has 2 saturated carbocycles. The van der Waals surface area contributed by atoms with Crippen molar-refractivity contribution in [2.75, 3.05) is 26.7 Å². The Bertz CT molecular complexity index is 528. The minimum atomic E-state index is 0. The molecule has 1 aliphatic heterocycles. The number of aliphatic imine (C=N–C) groups is 1. The molecule has 27 heavy (non-hydrogen) atoms. The highest BCUT2D eigenvalue weighted by molar-refractivity contribution is 14.0. The summed E-state index contributed by atoms with van der Waals surface area (Å²) in [5.74, 6) is 1.27. The second-order valence-electron chi connectivity index (χ2n) is 8.43. The highest BCUT2D eigenvalue weighted by Crippen LogP contribution is 2.57. The Morgan fingerprint density at radius 2 is 1.93 bits per heavy atom. The van der Waals surface area contributed by atoms with Gasteiger partial charge in [-0.05, 0) is 39.0 Å². The van der Waals surface area contributed by atoms with Gasteiger partial charge in [-0.2, -0.15) is 0 Å².